The summed E-state index contributed by atoms with van der Waals surface area (Å²) in [5, 5.41) is 0.306. The third-order valence-corrected chi connectivity index (χ3v) is 5.03. The van der Waals surface area contributed by atoms with Crippen LogP contribution in [-0.4, -0.2) is 21.1 Å². The number of methoxy groups -OCH3 is 1. The second-order valence-electron chi connectivity index (χ2n) is 5.14. The van der Waals surface area contributed by atoms with E-state index in [1.165, 1.54) is 13.2 Å². The molecule has 0 saturated heterocycles. The molecule has 0 aliphatic rings. The van der Waals surface area contributed by atoms with Crippen LogP contribution in [0.15, 0.2) is 17.0 Å². The highest BCUT2D eigenvalue weighted by molar-refractivity contribution is 7.89. The van der Waals surface area contributed by atoms with Gasteiger partial charge < -0.3 is 10.5 Å². The molecule has 3 N–H and O–H groups in total. The molecule has 1 aromatic carbocycles. The van der Waals surface area contributed by atoms with E-state index in [1.807, 2.05) is 20.8 Å². The van der Waals surface area contributed by atoms with Crippen LogP contribution < -0.4 is 15.2 Å². The monoisotopic (exact) mass is 320 g/mol. The van der Waals surface area contributed by atoms with Gasteiger partial charge in [0.15, 0.2) is 0 Å². The predicted octanol–water partition coefficient (Wildman–Crippen LogP) is 2.27. The Kier molecular flexibility index (Phi) is 5.43. The number of ether oxygens (including phenoxy) is 1. The van der Waals surface area contributed by atoms with E-state index in [0.717, 1.165) is 0 Å². The Morgan fingerprint density at radius 3 is 2.45 bits per heavy atom. The van der Waals surface area contributed by atoms with Crippen molar-refractivity contribution in [2.45, 2.75) is 44.2 Å². The molecule has 0 atom stereocenters. The normalized spacial score (nSPS) is 12.5. The van der Waals surface area contributed by atoms with Crippen molar-refractivity contribution < 1.29 is 13.2 Å². The van der Waals surface area contributed by atoms with Gasteiger partial charge in [-0.1, -0.05) is 18.5 Å². The SMILES string of the molecule is CCC(C)(C)NS(=O)(=O)c1cc(Cl)cc(CN)c1OC. The molecule has 0 amide bonds. The molecule has 5 nitrogen and oxygen atoms in total. The molecule has 0 aromatic heterocycles. The zero-order valence-corrected chi connectivity index (χ0v) is 13.7. The number of halogens is 1. The summed E-state index contributed by atoms with van der Waals surface area (Å²) in [6.45, 7) is 5.67. The van der Waals surface area contributed by atoms with Crippen molar-refractivity contribution in [3.05, 3.63) is 22.7 Å². The smallest absolute Gasteiger partial charge is 0.244 e. The molecule has 0 heterocycles. The molecule has 0 aliphatic heterocycles. The molecule has 0 aliphatic carbocycles. The molecule has 0 radical (unpaired) electrons. The zero-order chi connectivity index (χ0) is 15.6. The standard InChI is InChI=1S/C13H21ClN2O3S/c1-5-13(2,3)16-20(17,18)11-7-10(14)6-9(8-15)12(11)19-4/h6-7,16H,5,8,15H2,1-4H3. The van der Waals surface area contributed by atoms with Crippen molar-refractivity contribution in [3.8, 4) is 5.75 Å². The van der Waals surface area contributed by atoms with Gasteiger partial charge >= 0.3 is 0 Å². The Morgan fingerprint density at radius 1 is 1.40 bits per heavy atom. The summed E-state index contributed by atoms with van der Waals surface area (Å²) in [6.07, 6.45) is 0.652. The van der Waals surface area contributed by atoms with Gasteiger partial charge in [-0.3, -0.25) is 0 Å². The lowest BCUT2D eigenvalue weighted by atomic mass is 10.0. The third-order valence-electron chi connectivity index (χ3n) is 3.10. The summed E-state index contributed by atoms with van der Waals surface area (Å²) < 4.78 is 32.9. The minimum Gasteiger partial charge on any atom is -0.495 e. The van der Waals surface area contributed by atoms with Crippen molar-refractivity contribution in [1.82, 2.24) is 4.72 Å². The number of sulfonamides is 1. The van der Waals surface area contributed by atoms with Gasteiger partial charge in [-0.15, -0.1) is 0 Å². The number of hydrogen-bond acceptors (Lipinski definition) is 4. The van der Waals surface area contributed by atoms with E-state index in [4.69, 9.17) is 22.1 Å². The van der Waals surface area contributed by atoms with Gasteiger partial charge in [0.05, 0.1) is 7.11 Å². The van der Waals surface area contributed by atoms with E-state index in [1.54, 1.807) is 6.07 Å². The molecule has 1 aromatic rings. The van der Waals surface area contributed by atoms with E-state index in [9.17, 15) is 8.42 Å². The van der Waals surface area contributed by atoms with E-state index < -0.39 is 15.6 Å². The molecule has 0 spiro atoms. The lowest BCUT2D eigenvalue weighted by Gasteiger charge is -2.25. The van der Waals surface area contributed by atoms with Crippen LogP contribution in [0.5, 0.6) is 5.75 Å². The zero-order valence-electron chi connectivity index (χ0n) is 12.2. The van der Waals surface area contributed by atoms with Crippen LogP contribution in [0.25, 0.3) is 0 Å². The minimum absolute atomic E-state index is 0.00877. The average molecular weight is 321 g/mol. The van der Waals surface area contributed by atoms with E-state index >= 15 is 0 Å². The summed E-state index contributed by atoms with van der Waals surface area (Å²) in [5.41, 5.74) is 5.60. The lowest BCUT2D eigenvalue weighted by molar-refractivity contribution is 0.394. The maximum Gasteiger partial charge on any atom is 0.244 e. The molecular weight excluding hydrogens is 300 g/mol. The summed E-state index contributed by atoms with van der Waals surface area (Å²) in [4.78, 5) is 0.00877. The minimum atomic E-state index is -3.74. The first-order valence-corrected chi connectivity index (χ1v) is 8.13. The Labute approximate surface area is 125 Å². The van der Waals surface area contributed by atoms with Crippen LogP contribution in [-0.2, 0) is 16.6 Å². The summed E-state index contributed by atoms with van der Waals surface area (Å²) in [7, 11) is -2.33. The number of rotatable bonds is 6. The first-order valence-electron chi connectivity index (χ1n) is 6.27. The number of nitrogens with two attached hydrogens (primary N) is 1. The van der Waals surface area contributed by atoms with Crippen molar-refractivity contribution in [2.75, 3.05) is 7.11 Å². The fraction of sp³-hybridized carbons (Fsp3) is 0.538. The van der Waals surface area contributed by atoms with E-state index in [2.05, 4.69) is 4.72 Å². The Bertz CT molecular complexity index is 586. The van der Waals surface area contributed by atoms with Crippen LogP contribution in [0.4, 0.5) is 0 Å². The number of nitrogens with one attached hydrogen (secondary N) is 1. The van der Waals surface area contributed by atoms with E-state index in [0.29, 0.717) is 17.0 Å². The highest BCUT2D eigenvalue weighted by Crippen LogP contribution is 2.32. The molecule has 20 heavy (non-hydrogen) atoms. The Balaban J connectivity index is 3.41. The first-order chi connectivity index (χ1) is 9.16. The molecule has 0 saturated carbocycles. The van der Waals surface area contributed by atoms with Gasteiger partial charge in [-0.2, -0.15) is 0 Å². The highest BCUT2D eigenvalue weighted by atomic mass is 35.5. The molecule has 114 valence electrons. The topological polar surface area (TPSA) is 81.4 Å². The van der Waals surface area contributed by atoms with Crippen LogP contribution in [0.2, 0.25) is 5.02 Å². The number of hydrogen-bond donors (Lipinski definition) is 2. The van der Waals surface area contributed by atoms with Gasteiger partial charge in [0.2, 0.25) is 10.0 Å². The predicted molar refractivity (Wildman–Crippen MR) is 80.6 cm³/mol. The fourth-order valence-electron chi connectivity index (χ4n) is 1.70. The Hall–Kier alpha value is -0.820. The van der Waals surface area contributed by atoms with Crippen LogP contribution in [0, 0.1) is 0 Å². The van der Waals surface area contributed by atoms with Crippen LogP contribution in [0.1, 0.15) is 32.8 Å². The second kappa shape index (κ2) is 6.30. The summed E-state index contributed by atoms with van der Waals surface area (Å²) in [5.74, 6) is 0.233. The molecule has 0 bridgehead atoms. The van der Waals surface area contributed by atoms with Crippen molar-refractivity contribution in [3.63, 3.8) is 0 Å². The maximum absolute atomic E-state index is 12.5. The van der Waals surface area contributed by atoms with Gasteiger partial charge in [-0.25, -0.2) is 13.1 Å². The largest absolute Gasteiger partial charge is 0.495 e. The third kappa shape index (κ3) is 3.85. The lowest BCUT2D eigenvalue weighted by Crippen LogP contribution is -2.42. The summed E-state index contributed by atoms with van der Waals surface area (Å²) >= 11 is 5.97. The van der Waals surface area contributed by atoms with Crippen LogP contribution >= 0.6 is 11.6 Å². The second-order valence-corrected chi connectivity index (χ2v) is 7.23. The molecular formula is C13H21ClN2O3S. The van der Waals surface area contributed by atoms with Gasteiger partial charge in [-0.05, 0) is 32.4 Å². The molecule has 0 fully saturated rings. The van der Waals surface area contributed by atoms with Gasteiger partial charge in [0.1, 0.15) is 10.6 Å². The first kappa shape index (κ1) is 17.2. The average Bonchev–Trinajstić information content (AvgIpc) is 2.36. The van der Waals surface area contributed by atoms with Crippen molar-refractivity contribution in [1.29, 1.82) is 0 Å². The highest BCUT2D eigenvalue weighted by Gasteiger charge is 2.28. The Morgan fingerprint density at radius 2 is 2.00 bits per heavy atom. The van der Waals surface area contributed by atoms with Gasteiger partial charge in [0.25, 0.3) is 0 Å². The van der Waals surface area contributed by atoms with Crippen molar-refractivity contribution in [2.24, 2.45) is 5.73 Å². The maximum atomic E-state index is 12.5. The molecule has 0 unspecified atom stereocenters. The number of benzene rings is 1. The van der Waals surface area contributed by atoms with Crippen LogP contribution in [0.3, 0.4) is 0 Å². The quantitative estimate of drug-likeness (QED) is 0.842. The molecule has 7 heteroatoms. The molecule has 1 rings (SSSR count). The fourth-order valence-corrected chi connectivity index (χ4v) is 3.72. The van der Waals surface area contributed by atoms with Crippen molar-refractivity contribution >= 4 is 21.6 Å². The summed E-state index contributed by atoms with van der Waals surface area (Å²) in [6, 6.07) is 2.97. The van der Waals surface area contributed by atoms with Gasteiger partial charge in [0, 0.05) is 22.7 Å². The van der Waals surface area contributed by atoms with E-state index in [-0.39, 0.29) is 17.2 Å².